The minimum absolute atomic E-state index is 0.0839. The van der Waals surface area contributed by atoms with Crippen molar-refractivity contribution in [2.75, 3.05) is 19.5 Å². The first-order valence-corrected chi connectivity index (χ1v) is 7.09. The summed E-state index contributed by atoms with van der Waals surface area (Å²) >= 11 is 0. The first-order chi connectivity index (χ1) is 11.3. The van der Waals surface area contributed by atoms with E-state index in [-0.39, 0.29) is 17.0 Å². The van der Waals surface area contributed by atoms with E-state index in [2.05, 4.69) is 5.32 Å². The molecule has 8 nitrogen and oxygen atoms in total. The normalized spacial score (nSPS) is 16.6. The van der Waals surface area contributed by atoms with Crippen LogP contribution in [0.2, 0.25) is 0 Å². The van der Waals surface area contributed by atoms with Crippen molar-refractivity contribution in [2.45, 2.75) is 25.9 Å². The van der Waals surface area contributed by atoms with E-state index in [4.69, 9.17) is 18.9 Å². The van der Waals surface area contributed by atoms with Gasteiger partial charge in [0.15, 0.2) is 11.9 Å². The molecule has 1 aliphatic heterocycles. The molecular formula is C16H19NO7. The minimum atomic E-state index is -1.31. The van der Waals surface area contributed by atoms with E-state index in [1.165, 1.54) is 34.1 Å². The van der Waals surface area contributed by atoms with Gasteiger partial charge in [0.2, 0.25) is 0 Å². The Morgan fingerprint density at radius 2 is 1.75 bits per heavy atom. The summed E-state index contributed by atoms with van der Waals surface area (Å²) in [6.45, 7) is 2.91. The van der Waals surface area contributed by atoms with E-state index in [1.807, 2.05) is 0 Å². The molecule has 1 aliphatic rings. The molecule has 0 amide bonds. The average Bonchev–Trinajstić information content (AvgIpc) is 2.49. The van der Waals surface area contributed by atoms with E-state index < -0.39 is 24.0 Å². The number of hydrogen-bond acceptors (Lipinski definition) is 8. The van der Waals surface area contributed by atoms with E-state index in [0.717, 1.165) is 6.20 Å². The van der Waals surface area contributed by atoms with Crippen LogP contribution in [0.3, 0.4) is 0 Å². The van der Waals surface area contributed by atoms with Gasteiger partial charge in [-0.15, -0.1) is 0 Å². The predicted molar refractivity (Wildman–Crippen MR) is 82.8 cm³/mol. The minimum Gasteiger partial charge on any atom is -0.506 e. The lowest BCUT2D eigenvalue weighted by Crippen LogP contribution is -2.42. The van der Waals surface area contributed by atoms with Crippen molar-refractivity contribution in [2.24, 2.45) is 0 Å². The van der Waals surface area contributed by atoms with Crippen LogP contribution in [0.25, 0.3) is 0 Å². The van der Waals surface area contributed by atoms with E-state index >= 15 is 0 Å². The molecule has 2 N–H and O–H groups in total. The van der Waals surface area contributed by atoms with Crippen LogP contribution in [0.5, 0.6) is 5.75 Å². The number of rotatable bonds is 5. The fourth-order valence-corrected chi connectivity index (χ4v) is 2.11. The van der Waals surface area contributed by atoms with Crippen molar-refractivity contribution in [3.05, 3.63) is 35.5 Å². The Kier molecular flexibility index (Phi) is 5.10. The number of hydrogen-bond donors (Lipinski definition) is 2. The lowest BCUT2D eigenvalue weighted by molar-refractivity contribution is -0.222. The monoisotopic (exact) mass is 337 g/mol. The highest BCUT2D eigenvalue weighted by atomic mass is 16.7. The van der Waals surface area contributed by atoms with Crippen molar-refractivity contribution in [3.8, 4) is 5.75 Å². The molecule has 0 bridgehead atoms. The van der Waals surface area contributed by atoms with Crippen LogP contribution < -0.4 is 5.32 Å². The second-order valence-corrected chi connectivity index (χ2v) is 5.46. The number of cyclic esters (lactones) is 2. The number of methoxy groups -OCH3 is 2. The number of benzene rings is 1. The number of esters is 2. The summed E-state index contributed by atoms with van der Waals surface area (Å²) in [5.41, 5.74) is 0.576. The van der Waals surface area contributed by atoms with Crippen molar-refractivity contribution in [1.29, 1.82) is 0 Å². The van der Waals surface area contributed by atoms with Crippen molar-refractivity contribution < 1.29 is 33.6 Å². The first kappa shape index (κ1) is 17.8. The average molecular weight is 337 g/mol. The summed E-state index contributed by atoms with van der Waals surface area (Å²) in [7, 11) is 2.96. The fraction of sp³-hybridized carbons (Fsp3) is 0.375. The summed E-state index contributed by atoms with van der Waals surface area (Å²) in [5.74, 6) is -3.02. The molecule has 1 fully saturated rings. The Hall–Kier alpha value is -2.58. The zero-order chi connectivity index (χ0) is 17.9. The molecule has 0 saturated carbocycles. The largest absolute Gasteiger partial charge is 0.506 e. The number of carbonyl (C=O) groups excluding carboxylic acids is 2. The SMILES string of the molecule is COC(OC)c1ccc(O)c(NC=C2C(=O)OC(C)(C)OC2=O)c1. The molecule has 0 atom stereocenters. The number of anilines is 1. The predicted octanol–water partition coefficient (Wildman–Crippen LogP) is 1.82. The Morgan fingerprint density at radius 1 is 1.17 bits per heavy atom. The third kappa shape index (κ3) is 3.84. The van der Waals surface area contributed by atoms with Crippen LogP contribution in [-0.4, -0.2) is 37.1 Å². The number of ether oxygens (including phenoxy) is 4. The van der Waals surface area contributed by atoms with Gasteiger partial charge in [0.1, 0.15) is 5.75 Å². The van der Waals surface area contributed by atoms with E-state index in [9.17, 15) is 14.7 Å². The third-order valence-corrected chi connectivity index (χ3v) is 3.21. The van der Waals surface area contributed by atoms with Gasteiger partial charge in [0.25, 0.3) is 5.79 Å². The van der Waals surface area contributed by atoms with Crippen LogP contribution in [0.4, 0.5) is 5.69 Å². The second kappa shape index (κ2) is 6.90. The van der Waals surface area contributed by atoms with E-state index in [0.29, 0.717) is 5.56 Å². The number of nitrogens with one attached hydrogen (secondary N) is 1. The van der Waals surface area contributed by atoms with Gasteiger partial charge in [-0.05, 0) is 12.1 Å². The maximum Gasteiger partial charge on any atom is 0.350 e. The van der Waals surface area contributed by atoms with Crippen molar-refractivity contribution >= 4 is 17.6 Å². The lowest BCUT2D eigenvalue weighted by atomic mass is 10.1. The summed E-state index contributed by atoms with van der Waals surface area (Å²) in [6.07, 6.45) is 0.497. The van der Waals surface area contributed by atoms with Gasteiger partial charge in [0, 0.05) is 39.8 Å². The molecule has 0 unspecified atom stereocenters. The number of carbonyl (C=O) groups is 2. The number of phenols is 1. The smallest absolute Gasteiger partial charge is 0.350 e. The molecule has 130 valence electrons. The Bertz CT molecular complexity index is 655. The molecule has 2 rings (SSSR count). The molecule has 1 aromatic carbocycles. The molecule has 0 aliphatic carbocycles. The molecule has 1 saturated heterocycles. The zero-order valence-electron chi connectivity index (χ0n) is 13.8. The first-order valence-electron chi connectivity index (χ1n) is 7.09. The Labute approximate surface area is 139 Å². The standard InChI is InChI=1S/C16H19NO7/c1-16(2)23-13(19)10(14(20)24-16)8-17-11-7-9(5-6-12(11)18)15(21-3)22-4/h5-8,15,17-18H,1-4H3. The molecule has 1 heterocycles. The number of aromatic hydroxyl groups is 1. The van der Waals surface area contributed by atoms with Crippen molar-refractivity contribution in [1.82, 2.24) is 0 Å². The maximum absolute atomic E-state index is 11.9. The van der Waals surface area contributed by atoms with E-state index in [1.54, 1.807) is 12.1 Å². The molecule has 0 aromatic heterocycles. The van der Waals surface area contributed by atoms with Crippen LogP contribution in [0.1, 0.15) is 25.7 Å². The molecule has 8 heteroatoms. The highest BCUT2D eigenvalue weighted by Crippen LogP contribution is 2.29. The maximum atomic E-state index is 11.9. The fourth-order valence-electron chi connectivity index (χ4n) is 2.11. The van der Waals surface area contributed by atoms with Gasteiger partial charge in [0.05, 0.1) is 5.69 Å². The molecule has 1 aromatic rings. The third-order valence-electron chi connectivity index (χ3n) is 3.21. The lowest BCUT2D eigenvalue weighted by Gasteiger charge is -2.29. The van der Waals surface area contributed by atoms with Crippen LogP contribution >= 0.6 is 0 Å². The molecular weight excluding hydrogens is 318 g/mol. The Morgan fingerprint density at radius 3 is 2.29 bits per heavy atom. The van der Waals surface area contributed by atoms with Gasteiger partial charge in [-0.25, -0.2) is 9.59 Å². The topological polar surface area (TPSA) is 103 Å². The van der Waals surface area contributed by atoms with Gasteiger partial charge in [-0.3, -0.25) is 0 Å². The zero-order valence-corrected chi connectivity index (χ0v) is 13.8. The van der Waals surface area contributed by atoms with Gasteiger partial charge in [-0.2, -0.15) is 0 Å². The molecule has 24 heavy (non-hydrogen) atoms. The van der Waals surface area contributed by atoms with Gasteiger partial charge >= 0.3 is 11.9 Å². The Balaban J connectivity index is 2.23. The summed E-state index contributed by atoms with van der Waals surface area (Å²) in [5, 5.41) is 12.6. The summed E-state index contributed by atoms with van der Waals surface area (Å²) < 4.78 is 20.2. The quantitative estimate of drug-likeness (QED) is 0.276. The van der Waals surface area contributed by atoms with Crippen LogP contribution in [0, 0.1) is 0 Å². The number of phenolic OH excluding ortho intramolecular Hbond substituents is 1. The highest BCUT2D eigenvalue weighted by molar-refractivity contribution is 6.15. The summed E-state index contributed by atoms with van der Waals surface area (Å²) in [6, 6.07) is 4.62. The molecule has 0 radical (unpaired) electrons. The van der Waals surface area contributed by atoms with Crippen LogP contribution in [0.15, 0.2) is 30.0 Å². The van der Waals surface area contributed by atoms with Crippen molar-refractivity contribution in [3.63, 3.8) is 0 Å². The van der Waals surface area contributed by atoms with Crippen LogP contribution in [-0.2, 0) is 28.5 Å². The second-order valence-electron chi connectivity index (χ2n) is 5.46. The highest BCUT2D eigenvalue weighted by Gasteiger charge is 2.38. The van der Waals surface area contributed by atoms with Gasteiger partial charge in [-0.1, -0.05) is 6.07 Å². The molecule has 0 spiro atoms. The summed E-state index contributed by atoms with van der Waals surface area (Å²) in [4.78, 5) is 23.7. The van der Waals surface area contributed by atoms with Gasteiger partial charge < -0.3 is 29.4 Å².